The summed E-state index contributed by atoms with van der Waals surface area (Å²) in [6, 6.07) is 18.3. The Balaban J connectivity index is 1.83. The Morgan fingerprint density at radius 1 is 1.00 bits per heavy atom. The molecule has 0 unspecified atom stereocenters. The third-order valence-corrected chi connectivity index (χ3v) is 7.21. The van der Waals surface area contributed by atoms with Crippen LogP contribution < -0.4 is 10.6 Å². The summed E-state index contributed by atoms with van der Waals surface area (Å²) in [6.45, 7) is 0. The number of nitrogens with zero attached hydrogens (tertiary/aromatic N) is 2. The number of Topliss-reactive ketones (excluding diaryl/α,β-unsaturated/α-hetero) is 1. The number of allylic oxidation sites excluding steroid dienone is 2. The maximum Gasteiger partial charge on any atom is 0.338 e. The zero-order chi connectivity index (χ0) is 27.7. The van der Waals surface area contributed by atoms with E-state index in [9.17, 15) is 18.8 Å². The van der Waals surface area contributed by atoms with Crippen molar-refractivity contribution in [2.24, 2.45) is 11.7 Å². The number of benzene rings is 2. The first kappa shape index (κ1) is 25.8. The largest absolute Gasteiger partial charge is 0.468 e. The van der Waals surface area contributed by atoms with Crippen molar-refractivity contribution in [1.29, 1.82) is 0 Å². The van der Waals surface area contributed by atoms with Crippen molar-refractivity contribution in [3.05, 3.63) is 119 Å². The normalized spacial score (nSPS) is 20.9. The summed E-state index contributed by atoms with van der Waals surface area (Å²) in [6.07, 6.45) is 3.29. The SMILES string of the molecule is COC(=O)C1=C(N)N(c2cccc(F)c2)C2=C(C(=O)[C@H](C(=O)OC)[C@H](c3ccccc3)C2)[C@H]1c1cccnc1. The van der Waals surface area contributed by atoms with Crippen LogP contribution in [-0.2, 0) is 23.9 Å². The van der Waals surface area contributed by atoms with E-state index in [-0.39, 0.29) is 23.4 Å². The first-order valence-electron chi connectivity index (χ1n) is 12.3. The molecule has 1 aliphatic heterocycles. The highest BCUT2D eigenvalue weighted by atomic mass is 19.1. The molecule has 2 aliphatic rings. The summed E-state index contributed by atoms with van der Waals surface area (Å²) in [5.41, 5.74) is 8.92. The van der Waals surface area contributed by atoms with Gasteiger partial charge in [0, 0.05) is 29.6 Å². The molecule has 0 bridgehead atoms. The maximum atomic E-state index is 14.4. The molecule has 5 rings (SSSR count). The van der Waals surface area contributed by atoms with Crippen molar-refractivity contribution in [2.75, 3.05) is 19.1 Å². The fourth-order valence-corrected chi connectivity index (χ4v) is 5.54. The molecular weight excluding hydrogens is 501 g/mol. The molecule has 0 radical (unpaired) electrons. The number of anilines is 1. The molecule has 0 spiro atoms. The average molecular weight is 528 g/mol. The van der Waals surface area contributed by atoms with Gasteiger partial charge in [-0.15, -0.1) is 0 Å². The molecule has 3 atom stereocenters. The lowest BCUT2D eigenvalue weighted by Crippen LogP contribution is -2.46. The Hall–Kier alpha value is -4.79. The molecule has 0 fully saturated rings. The minimum absolute atomic E-state index is 0.00353. The lowest BCUT2D eigenvalue weighted by molar-refractivity contribution is -0.150. The molecule has 8 nitrogen and oxygen atoms in total. The number of methoxy groups -OCH3 is 2. The van der Waals surface area contributed by atoms with Crippen molar-refractivity contribution < 1.29 is 28.2 Å². The van der Waals surface area contributed by atoms with Gasteiger partial charge in [0.2, 0.25) is 0 Å². The number of esters is 2. The van der Waals surface area contributed by atoms with Gasteiger partial charge < -0.3 is 15.2 Å². The topological polar surface area (TPSA) is 112 Å². The Bertz CT molecular complexity index is 1500. The van der Waals surface area contributed by atoms with Crippen LogP contribution in [0.3, 0.4) is 0 Å². The summed E-state index contributed by atoms with van der Waals surface area (Å²) in [5.74, 6) is -5.23. The average Bonchev–Trinajstić information content (AvgIpc) is 2.96. The summed E-state index contributed by atoms with van der Waals surface area (Å²) in [4.78, 5) is 46.5. The number of hydrogen-bond donors (Lipinski definition) is 1. The van der Waals surface area contributed by atoms with Crippen LogP contribution >= 0.6 is 0 Å². The van der Waals surface area contributed by atoms with Crippen LogP contribution in [0.1, 0.15) is 29.4 Å². The van der Waals surface area contributed by atoms with Crippen molar-refractivity contribution in [2.45, 2.75) is 18.3 Å². The number of halogens is 1. The van der Waals surface area contributed by atoms with Crippen molar-refractivity contribution in [1.82, 2.24) is 4.98 Å². The highest BCUT2D eigenvalue weighted by molar-refractivity contribution is 6.14. The molecule has 2 aromatic carbocycles. The van der Waals surface area contributed by atoms with Crippen LogP contribution in [0, 0.1) is 11.7 Å². The van der Waals surface area contributed by atoms with E-state index in [0.717, 1.165) is 5.56 Å². The van der Waals surface area contributed by atoms with Crippen LogP contribution in [0.4, 0.5) is 10.1 Å². The third kappa shape index (κ3) is 4.46. The number of carbonyl (C=O) groups excluding carboxylic acids is 3. The summed E-state index contributed by atoms with van der Waals surface area (Å²) in [7, 11) is 2.45. The quantitative estimate of drug-likeness (QED) is 0.392. The van der Waals surface area contributed by atoms with E-state index >= 15 is 0 Å². The van der Waals surface area contributed by atoms with E-state index in [1.807, 2.05) is 30.3 Å². The van der Waals surface area contributed by atoms with Crippen LogP contribution in [0.15, 0.2) is 102 Å². The number of hydrogen-bond acceptors (Lipinski definition) is 8. The fourth-order valence-electron chi connectivity index (χ4n) is 5.54. The van der Waals surface area contributed by atoms with Gasteiger partial charge >= 0.3 is 11.9 Å². The molecule has 2 heterocycles. The lowest BCUT2D eigenvalue weighted by atomic mass is 9.67. The standard InChI is InChI=1S/C30H26FN3O5/c1-38-29(36)24-21(17-8-4-3-5-9-17)15-22-25(27(24)35)23(18-10-7-13-33-16-18)26(30(37)39-2)28(32)34(22)20-12-6-11-19(31)14-20/h3-14,16,21,23-24H,15,32H2,1-2H3/t21-,23+,24+/m0/s1. The molecule has 0 saturated carbocycles. The number of ether oxygens (including phenoxy) is 2. The number of pyridine rings is 1. The van der Waals surface area contributed by atoms with Gasteiger partial charge in [-0.05, 0) is 41.8 Å². The molecular formula is C30H26FN3O5. The van der Waals surface area contributed by atoms with Crippen LogP contribution in [0.25, 0.3) is 0 Å². The summed E-state index contributed by atoms with van der Waals surface area (Å²) in [5, 5.41) is 0. The van der Waals surface area contributed by atoms with E-state index < -0.39 is 41.3 Å². The second-order valence-electron chi connectivity index (χ2n) is 9.27. The monoisotopic (exact) mass is 527 g/mol. The zero-order valence-corrected chi connectivity index (χ0v) is 21.3. The van der Waals surface area contributed by atoms with Gasteiger partial charge in [0.1, 0.15) is 17.6 Å². The number of ketones is 1. The van der Waals surface area contributed by atoms with Crippen molar-refractivity contribution in [3.8, 4) is 0 Å². The highest BCUT2D eigenvalue weighted by Gasteiger charge is 2.51. The highest BCUT2D eigenvalue weighted by Crippen LogP contribution is 2.51. The molecule has 198 valence electrons. The second-order valence-corrected chi connectivity index (χ2v) is 9.27. The molecule has 3 aromatic rings. The number of carbonyl (C=O) groups is 3. The smallest absolute Gasteiger partial charge is 0.338 e. The van der Waals surface area contributed by atoms with Crippen molar-refractivity contribution >= 4 is 23.4 Å². The van der Waals surface area contributed by atoms with Crippen LogP contribution in [0.5, 0.6) is 0 Å². The molecule has 0 amide bonds. The Kier molecular flexibility index (Phi) is 6.98. The van der Waals surface area contributed by atoms with E-state index in [4.69, 9.17) is 15.2 Å². The van der Waals surface area contributed by atoms with E-state index in [1.165, 1.54) is 43.5 Å². The lowest BCUT2D eigenvalue weighted by Gasteiger charge is -2.44. The molecule has 1 aromatic heterocycles. The number of nitrogens with two attached hydrogens (primary N) is 1. The molecule has 39 heavy (non-hydrogen) atoms. The van der Waals surface area contributed by atoms with Crippen molar-refractivity contribution in [3.63, 3.8) is 0 Å². The van der Waals surface area contributed by atoms with Gasteiger partial charge in [-0.1, -0.05) is 42.5 Å². The van der Waals surface area contributed by atoms with Gasteiger partial charge in [-0.3, -0.25) is 19.5 Å². The van der Waals surface area contributed by atoms with Gasteiger partial charge in [0.25, 0.3) is 0 Å². The van der Waals surface area contributed by atoms with Gasteiger partial charge in [-0.25, -0.2) is 9.18 Å². The number of rotatable bonds is 5. The molecule has 9 heteroatoms. The zero-order valence-electron chi connectivity index (χ0n) is 21.3. The van der Waals surface area contributed by atoms with Crippen LogP contribution in [0.2, 0.25) is 0 Å². The van der Waals surface area contributed by atoms with Gasteiger partial charge in [0.05, 0.1) is 31.4 Å². The maximum absolute atomic E-state index is 14.4. The van der Waals surface area contributed by atoms with Crippen LogP contribution in [-0.4, -0.2) is 36.9 Å². The fraction of sp³-hybridized carbons (Fsp3) is 0.200. The van der Waals surface area contributed by atoms with E-state index in [0.29, 0.717) is 16.9 Å². The Morgan fingerprint density at radius 2 is 1.74 bits per heavy atom. The summed E-state index contributed by atoms with van der Waals surface area (Å²) < 4.78 is 24.6. The van der Waals surface area contributed by atoms with E-state index in [2.05, 4.69) is 4.98 Å². The molecule has 2 N–H and O–H groups in total. The Morgan fingerprint density at radius 3 is 2.38 bits per heavy atom. The second kappa shape index (κ2) is 10.5. The Labute approximate surface area is 224 Å². The molecule has 1 aliphatic carbocycles. The minimum Gasteiger partial charge on any atom is -0.468 e. The first-order chi connectivity index (χ1) is 18.9. The van der Waals surface area contributed by atoms with E-state index in [1.54, 1.807) is 24.4 Å². The summed E-state index contributed by atoms with van der Waals surface area (Å²) >= 11 is 0. The molecule has 0 saturated heterocycles. The van der Waals surface area contributed by atoms with Gasteiger partial charge in [-0.2, -0.15) is 0 Å². The first-order valence-corrected chi connectivity index (χ1v) is 12.3. The minimum atomic E-state index is -1.18. The van der Waals surface area contributed by atoms with Gasteiger partial charge in [0.15, 0.2) is 5.78 Å². The predicted molar refractivity (Wildman–Crippen MR) is 140 cm³/mol. The predicted octanol–water partition coefficient (Wildman–Crippen LogP) is 3.97. The third-order valence-electron chi connectivity index (χ3n) is 7.21. The number of aromatic nitrogens is 1.